The molecule has 2 saturated carbocycles. The van der Waals surface area contributed by atoms with Gasteiger partial charge in [-0.3, -0.25) is 4.79 Å². The van der Waals surface area contributed by atoms with Crippen LogP contribution in [-0.4, -0.2) is 17.1 Å². The molecule has 0 N–H and O–H groups in total. The molecule has 1 saturated heterocycles. The molecule has 3 aromatic rings. The molecule has 3 aromatic carbocycles. The average Bonchev–Trinajstić information content (AvgIpc) is 3.64. The van der Waals surface area contributed by atoms with E-state index >= 15 is 0 Å². The predicted molar refractivity (Wildman–Crippen MR) is 159 cm³/mol. The number of hydrogen-bond acceptors (Lipinski definition) is 1. The Bertz CT molecular complexity index is 1170. The Balaban J connectivity index is 1.62. The van der Waals surface area contributed by atoms with E-state index in [1.54, 1.807) is 5.30 Å². The van der Waals surface area contributed by atoms with Crippen LogP contribution in [-0.2, 0) is 4.79 Å². The molecular formula is C35H41OP. The van der Waals surface area contributed by atoms with Crippen molar-refractivity contribution >= 4 is 19.0 Å². The summed E-state index contributed by atoms with van der Waals surface area (Å²) in [6.07, 6.45) is 12.3. The highest BCUT2D eigenvalue weighted by Crippen LogP contribution is 2.62. The number of hydrogen-bond donors (Lipinski definition) is 0. The maximum absolute atomic E-state index is 13.4. The summed E-state index contributed by atoms with van der Waals surface area (Å²) in [6, 6.07) is 25.0. The predicted octanol–water partition coefficient (Wildman–Crippen LogP) is 9.23. The highest BCUT2D eigenvalue weighted by Gasteiger charge is 2.46. The van der Waals surface area contributed by atoms with Crippen molar-refractivity contribution in [3.05, 3.63) is 77.9 Å². The second-order valence-electron chi connectivity index (χ2n) is 11.9. The molecule has 192 valence electrons. The van der Waals surface area contributed by atoms with Crippen molar-refractivity contribution in [1.82, 2.24) is 0 Å². The van der Waals surface area contributed by atoms with Crippen molar-refractivity contribution in [1.29, 1.82) is 0 Å². The van der Waals surface area contributed by atoms with Gasteiger partial charge in [0, 0.05) is 12.8 Å². The van der Waals surface area contributed by atoms with E-state index in [0.717, 1.165) is 12.8 Å². The SMILES string of the molecule is Cc1ccccc1-c1cccc(-c2ccccc2C)c1P1C(C2CCCC2)CC(=O)CC1C1CCCC1. The minimum Gasteiger partial charge on any atom is -0.300 e. The summed E-state index contributed by atoms with van der Waals surface area (Å²) < 4.78 is 0. The van der Waals surface area contributed by atoms with E-state index in [1.165, 1.54) is 84.7 Å². The third-order valence-corrected chi connectivity index (χ3v) is 13.3. The van der Waals surface area contributed by atoms with Crippen LogP contribution in [0.3, 0.4) is 0 Å². The van der Waals surface area contributed by atoms with Crippen LogP contribution in [0.1, 0.15) is 75.3 Å². The molecular weight excluding hydrogens is 467 g/mol. The summed E-state index contributed by atoms with van der Waals surface area (Å²) in [5.41, 5.74) is 9.41. The Hall–Kier alpha value is -2.24. The van der Waals surface area contributed by atoms with Gasteiger partial charge in [0.1, 0.15) is 5.78 Å². The number of aryl methyl sites for hydroxylation is 2. The summed E-state index contributed by atoms with van der Waals surface area (Å²) in [4.78, 5) is 13.4. The van der Waals surface area contributed by atoms with Gasteiger partial charge in [-0.1, -0.05) is 100 Å². The van der Waals surface area contributed by atoms with Crippen LogP contribution in [0.25, 0.3) is 22.3 Å². The number of ketones is 1. The Kier molecular flexibility index (Phi) is 7.36. The molecule has 3 aliphatic rings. The largest absolute Gasteiger partial charge is 0.300 e. The first-order valence-electron chi connectivity index (χ1n) is 14.7. The first-order valence-corrected chi connectivity index (χ1v) is 16.1. The van der Waals surface area contributed by atoms with Gasteiger partial charge in [-0.15, -0.1) is 0 Å². The van der Waals surface area contributed by atoms with E-state index in [4.69, 9.17) is 0 Å². The Morgan fingerprint density at radius 2 is 0.973 bits per heavy atom. The van der Waals surface area contributed by atoms with E-state index in [2.05, 4.69) is 80.6 Å². The van der Waals surface area contributed by atoms with Crippen molar-refractivity contribution in [2.24, 2.45) is 11.8 Å². The lowest BCUT2D eigenvalue weighted by atomic mass is 9.93. The molecule has 1 nitrogen and oxygen atoms in total. The second kappa shape index (κ2) is 10.9. The van der Waals surface area contributed by atoms with E-state index in [9.17, 15) is 4.79 Å². The smallest absolute Gasteiger partial charge is 0.134 e. The minimum atomic E-state index is -0.477. The van der Waals surface area contributed by atoms with Crippen LogP contribution in [0.5, 0.6) is 0 Å². The van der Waals surface area contributed by atoms with Crippen LogP contribution in [0.4, 0.5) is 0 Å². The zero-order valence-corrected chi connectivity index (χ0v) is 23.5. The van der Waals surface area contributed by atoms with E-state index in [0.29, 0.717) is 28.9 Å². The van der Waals surface area contributed by atoms with E-state index in [-0.39, 0.29) is 0 Å². The summed E-state index contributed by atoms with van der Waals surface area (Å²) in [5.74, 6) is 1.99. The van der Waals surface area contributed by atoms with Crippen LogP contribution < -0.4 is 5.30 Å². The van der Waals surface area contributed by atoms with Crippen molar-refractivity contribution in [2.75, 3.05) is 0 Å². The third-order valence-electron chi connectivity index (χ3n) is 9.64. The molecule has 0 aromatic heterocycles. The maximum atomic E-state index is 13.4. The Morgan fingerprint density at radius 1 is 0.568 bits per heavy atom. The van der Waals surface area contributed by atoms with Gasteiger partial charge in [0.2, 0.25) is 0 Å². The Morgan fingerprint density at radius 3 is 1.41 bits per heavy atom. The summed E-state index contributed by atoms with van der Waals surface area (Å²) >= 11 is 0. The minimum absolute atomic E-state index is 0.477. The standard InChI is InChI=1S/C35H41OP/c1-24-12-3-9-18-29(24)31-20-11-21-32(30-19-10-4-13-25(30)2)35(31)37-33(26-14-5-6-15-26)22-28(36)23-34(37)27-16-7-8-17-27/h3-4,9-13,18-21,26-27,33-34H,5-8,14-17,22-23H2,1-2H3. The van der Waals surface area contributed by atoms with Crippen molar-refractivity contribution < 1.29 is 4.79 Å². The number of rotatable bonds is 5. The number of carbonyl (C=O) groups is 1. The first-order chi connectivity index (χ1) is 18.1. The van der Waals surface area contributed by atoms with E-state index < -0.39 is 7.92 Å². The fourth-order valence-corrected chi connectivity index (χ4v) is 12.2. The molecule has 2 aliphatic carbocycles. The topological polar surface area (TPSA) is 17.1 Å². The molecule has 2 unspecified atom stereocenters. The van der Waals surface area contributed by atoms with Gasteiger partial charge >= 0.3 is 0 Å². The number of Topliss-reactive ketones (excluding diaryl/α,β-unsaturated/α-hetero) is 1. The molecule has 0 spiro atoms. The van der Waals surface area contributed by atoms with Gasteiger partial charge in [-0.05, 0) is 101 Å². The summed E-state index contributed by atoms with van der Waals surface area (Å²) in [5, 5.41) is 1.61. The van der Waals surface area contributed by atoms with Crippen LogP contribution in [0.2, 0.25) is 0 Å². The highest BCUT2D eigenvalue weighted by molar-refractivity contribution is 7.68. The second-order valence-corrected chi connectivity index (χ2v) is 14.5. The summed E-state index contributed by atoms with van der Waals surface area (Å²) in [6.45, 7) is 4.53. The first kappa shape index (κ1) is 25.1. The Labute approximate surface area is 224 Å². The molecule has 0 radical (unpaired) electrons. The van der Waals surface area contributed by atoms with Crippen molar-refractivity contribution in [3.8, 4) is 22.3 Å². The van der Waals surface area contributed by atoms with Gasteiger partial charge in [0.25, 0.3) is 0 Å². The fourth-order valence-electron chi connectivity index (χ4n) is 7.80. The van der Waals surface area contributed by atoms with E-state index in [1.807, 2.05) is 0 Å². The molecule has 0 bridgehead atoms. The molecule has 1 heterocycles. The van der Waals surface area contributed by atoms with Crippen LogP contribution >= 0.6 is 7.92 Å². The zero-order valence-electron chi connectivity index (χ0n) is 22.6. The van der Waals surface area contributed by atoms with Gasteiger partial charge < -0.3 is 0 Å². The fraction of sp³-hybridized carbons (Fsp3) is 0.457. The van der Waals surface area contributed by atoms with Crippen LogP contribution in [0, 0.1) is 25.7 Å². The van der Waals surface area contributed by atoms with Gasteiger partial charge in [-0.2, -0.15) is 0 Å². The number of benzene rings is 3. The van der Waals surface area contributed by atoms with Gasteiger partial charge in [0.15, 0.2) is 0 Å². The molecule has 2 atom stereocenters. The molecule has 3 fully saturated rings. The molecule has 0 amide bonds. The lowest BCUT2D eigenvalue weighted by Gasteiger charge is -2.45. The normalized spacial score (nSPS) is 25.1. The lowest BCUT2D eigenvalue weighted by Crippen LogP contribution is -2.39. The average molecular weight is 509 g/mol. The monoisotopic (exact) mass is 508 g/mol. The number of carbonyl (C=O) groups excluding carboxylic acids is 1. The van der Waals surface area contributed by atoms with Gasteiger partial charge in [-0.25, -0.2) is 0 Å². The van der Waals surface area contributed by atoms with Crippen LogP contribution in [0.15, 0.2) is 66.7 Å². The molecule has 2 heteroatoms. The maximum Gasteiger partial charge on any atom is 0.134 e. The summed E-state index contributed by atoms with van der Waals surface area (Å²) in [7, 11) is -0.477. The molecule has 37 heavy (non-hydrogen) atoms. The third kappa shape index (κ3) is 4.85. The quantitative estimate of drug-likeness (QED) is 0.314. The zero-order chi connectivity index (χ0) is 25.4. The highest BCUT2D eigenvalue weighted by atomic mass is 31.1. The van der Waals surface area contributed by atoms with Gasteiger partial charge in [0.05, 0.1) is 0 Å². The lowest BCUT2D eigenvalue weighted by molar-refractivity contribution is -0.119. The molecule has 6 rings (SSSR count). The van der Waals surface area contributed by atoms with Crippen molar-refractivity contribution in [2.45, 2.75) is 89.4 Å². The van der Waals surface area contributed by atoms with Crippen molar-refractivity contribution in [3.63, 3.8) is 0 Å². The molecule has 1 aliphatic heterocycles.